The number of hydrogen-bond acceptors (Lipinski definition) is 3. The van der Waals surface area contributed by atoms with Gasteiger partial charge in [0.25, 0.3) is 0 Å². The van der Waals surface area contributed by atoms with E-state index in [0.717, 1.165) is 18.6 Å². The summed E-state index contributed by atoms with van der Waals surface area (Å²) in [5, 5.41) is 3.56. The van der Waals surface area contributed by atoms with Gasteiger partial charge in [0.2, 0.25) is 5.91 Å². The first-order valence-electron chi connectivity index (χ1n) is 7.38. The van der Waals surface area contributed by atoms with Crippen LogP contribution in [-0.4, -0.2) is 23.2 Å². The van der Waals surface area contributed by atoms with Gasteiger partial charge >= 0.3 is 0 Å². The lowest BCUT2D eigenvalue weighted by Crippen LogP contribution is -2.60. The van der Waals surface area contributed by atoms with Crippen molar-refractivity contribution in [3.63, 3.8) is 0 Å². The quantitative estimate of drug-likeness (QED) is 0.759. The van der Waals surface area contributed by atoms with E-state index in [9.17, 15) is 4.79 Å². The van der Waals surface area contributed by atoms with Crippen LogP contribution < -0.4 is 11.1 Å². The summed E-state index contributed by atoms with van der Waals surface area (Å²) in [5.74, 6) is 0.999. The average Bonchev–Trinajstić information content (AvgIpc) is 3.27. The zero-order valence-corrected chi connectivity index (χ0v) is 12.7. The minimum absolute atomic E-state index is 0.173. The summed E-state index contributed by atoms with van der Waals surface area (Å²) in [6, 6.07) is 8.83. The van der Waals surface area contributed by atoms with Crippen molar-refractivity contribution in [3.8, 4) is 0 Å². The third kappa shape index (κ3) is 2.86. The molecule has 2 aliphatic rings. The van der Waals surface area contributed by atoms with E-state index in [0.29, 0.717) is 12.0 Å². The number of carbonyl (C=O) groups excluding carboxylic acids is 1. The number of primary amides is 1. The van der Waals surface area contributed by atoms with Crippen molar-refractivity contribution in [1.82, 2.24) is 5.32 Å². The van der Waals surface area contributed by atoms with Gasteiger partial charge < -0.3 is 5.73 Å². The average molecular weight is 290 g/mol. The highest BCUT2D eigenvalue weighted by Crippen LogP contribution is 2.44. The minimum Gasteiger partial charge on any atom is -0.368 e. The van der Waals surface area contributed by atoms with Gasteiger partial charge in [-0.2, -0.15) is 0 Å². The molecule has 0 aromatic heterocycles. The van der Waals surface area contributed by atoms with Crippen molar-refractivity contribution in [2.24, 2.45) is 11.7 Å². The van der Waals surface area contributed by atoms with Gasteiger partial charge in [0.05, 0.1) is 0 Å². The third-order valence-electron chi connectivity index (χ3n) is 4.30. The van der Waals surface area contributed by atoms with E-state index in [4.69, 9.17) is 5.73 Å². The van der Waals surface area contributed by atoms with E-state index < -0.39 is 5.54 Å². The van der Waals surface area contributed by atoms with Crippen molar-refractivity contribution in [2.45, 2.75) is 49.1 Å². The Kier molecular flexibility index (Phi) is 3.78. The molecular weight excluding hydrogens is 268 g/mol. The number of aryl methyl sites for hydroxylation is 1. The highest BCUT2D eigenvalue weighted by Gasteiger charge is 2.51. The first kappa shape index (κ1) is 14.0. The standard InChI is InChI=1S/C16H22N2OS/c1-11-4-2-3-5-14(11)20-10-16(15(17)19,12-6-7-12)18-13-8-9-13/h2-5,12-13,18H,6-10H2,1H3,(H2,17,19). The molecule has 0 heterocycles. The molecule has 2 fully saturated rings. The zero-order valence-electron chi connectivity index (χ0n) is 11.9. The fourth-order valence-electron chi connectivity index (χ4n) is 2.70. The summed E-state index contributed by atoms with van der Waals surface area (Å²) in [7, 11) is 0. The van der Waals surface area contributed by atoms with E-state index in [1.54, 1.807) is 11.8 Å². The molecule has 1 aromatic carbocycles. The fraction of sp³-hybridized carbons (Fsp3) is 0.562. The molecule has 2 aliphatic carbocycles. The summed E-state index contributed by atoms with van der Waals surface area (Å²) in [6.45, 7) is 2.11. The maximum atomic E-state index is 12.1. The van der Waals surface area contributed by atoms with Gasteiger partial charge in [-0.25, -0.2) is 0 Å². The Morgan fingerprint density at radius 3 is 2.60 bits per heavy atom. The molecule has 3 rings (SSSR count). The molecule has 20 heavy (non-hydrogen) atoms. The highest BCUT2D eigenvalue weighted by atomic mass is 32.2. The van der Waals surface area contributed by atoms with Gasteiger partial charge in [-0.15, -0.1) is 11.8 Å². The molecule has 3 nitrogen and oxygen atoms in total. The molecule has 4 heteroatoms. The maximum absolute atomic E-state index is 12.1. The van der Waals surface area contributed by atoms with E-state index in [2.05, 4.69) is 24.4 Å². The van der Waals surface area contributed by atoms with Crippen LogP contribution in [0.3, 0.4) is 0 Å². The Balaban J connectivity index is 1.75. The fourth-order valence-corrected chi connectivity index (χ4v) is 4.01. The van der Waals surface area contributed by atoms with Gasteiger partial charge in [0.1, 0.15) is 5.54 Å². The van der Waals surface area contributed by atoms with E-state index in [1.807, 2.05) is 12.1 Å². The molecule has 2 saturated carbocycles. The second-order valence-corrected chi connectivity index (χ2v) is 7.10. The van der Waals surface area contributed by atoms with Crippen LogP contribution in [-0.2, 0) is 4.79 Å². The first-order valence-corrected chi connectivity index (χ1v) is 8.36. The normalized spacial score (nSPS) is 21.4. The smallest absolute Gasteiger partial charge is 0.238 e. The number of nitrogens with one attached hydrogen (secondary N) is 1. The van der Waals surface area contributed by atoms with Crippen molar-refractivity contribution in [3.05, 3.63) is 29.8 Å². The predicted molar refractivity (Wildman–Crippen MR) is 82.7 cm³/mol. The van der Waals surface area contributed by atoms with Crippen LogP contribution in [0, 0.1) is 12.8 Å². The first-order chi connectivity index (χ1) is 9.62. The predicted octanol–water partition coefficient (Wildman–Crippen LogP) is 2.47. The lowest BCUT2D eigenvalue weighted by molar-refractivity contribution is -0.124. The van der Waals surface area contributed by atoms with Crippen LogP contribution in [0.4, 0.5) is 0 Å². The number of thioether (sulfide) groups is 1. The monoisotopic (exact) mass is 290 g/mol. The Morgan fingerprint density at radius 2 is 2.05 bits per heavy atom. The molecule has 0 spiro atoms. The largest absolute Gasteiger partial charge is 0.368 e. The Hall–Kier alpha value is -1.00. The topological polar surface area (TPSA) is 55.1 Å². The highest BCUT2D eigenvalue weighted by molar-refractivity contribution is 7.99. The van der Waals surface area contributed by atoms with Crippen LogP contribution in [0.15, 0.2) is 29.2 Å². The van der Waals surface area contributed by atoms with E-state index >= 15 is 0 Å². The summed E-state index contributed by atoms with van der Waals surface area (Å²) in [5.41, 5.74) is 6.53. The van der Waals surface area contributed by atoms with Crippen LogP contribution in [0.2, 0.25) is 0 Å². The van der Waals surface area contributed by atoms with Crippen LogP contribution in [0.25, 0.3) is 0 Å². The Morgan fingerprint density at radius 1 is 1.35 bits per heavy atom. The van der Waals surface area contributed by atoms with E-state index in [1.165, 1.54) is 23.3 Å². The molecule has 0 saturated heterocycles. The number of rotatable bonds is 7. The van der Waals surface area contributed by atoms with Crippen molar-refractivity contribution in [1.29, 1.82) is 0 Å². The maximum Gasteiger partial charge on any atom is 0.238 e. The number of hydrogen-bond donors (Lipinski definition) is 2. The molecule has 1 unspecified atom stereocenters. The number of amides is 1. The molecule has 1 aromatic rings. The second-order valence-electron chi connectivity index (χ2n) is 6.08. The van der Waals surface area contributed by atoms with Crippen molar-refractivity contribution >= 4 is 17.7 Å². The van der Waals surface area contributed by atoms with Gasteiger partial charge in [-0.1, -0.05) is 18.2 Å². The molecule has 3 N–H and O–H groups in total. The van der Waals surface area contributed by atoms with Gasteiger partial charge in [0.15, 0.2) is 0 Å². The summed E-state index contributed by atoms with van der Waals surface area (Å²) >= 11 is 1.76. The van der Waals surface area contributed by atoms with Gasteiger partial charge in [0, 0.05) is 16.7 Å². The molecule has 0 radical (unpaired) electrons. The van der Waals surface area contributed by atoms with E-state index in [-0.39, 0.29) is 5.91 Å². The van der Waals surface area contributed by atoms with Gasteiger partial charge in [-0.3, -0.25) is 10.1 Å². The van der Waals surface area contributed by atoms with Gasteiger partial charge in [-0.05, 0) is 50.2 Å². The SMILES string of the molecule is Cc1ccccc1SCC(NC1CC1)(C(N)=O)C1CC1. The lowest BCUT2D eigenvalue weighted by atomic mass is 9.94. The minimum atomic E-state index is -0.506. The number of benzene rings is 1. The summed E-state index contributed by atoms with van der Waals surface area (Å²) < 4.78 is 0. The third-order valence-corrected chi connectivity index (χ3v) is 5.67. The molecule has 0 bridgehead atoms. The molecule has 1 atom stereocenters. The molecule has 108 valence electrons. The molecular formula is C16H22N2OS. The second kappa shape index (κ2) is 5.41. The Labute approximate surface area is 124 Å². The van der Waals surface area contributed by atoms with Crippen molar-refractivity contribution < 1.29 is 4.79 Å². The Bertz CT molecular complexity index is 511. The van der Waals surface area contributed by atoms with Crippen LogP contribution in [0.1, 0.15) is 31.2 Å². The zero-order chi connectivity index (χ0) is 14.2. The molecule has 1 amide bonds. The number of carbonyl (C=O) groups is 1. The number of nitrogens with two attached hydrogens (primary N) is 1. The molecule has 0 aliphatic heterocycles. The lowest BCUT2D eigenvalue weighted by Gasteiger charge is -2.32. The van der Waals surface area contributed by atoms with Crippen LogP contribution >= 0.6 is 11.8 Å². The van der Waals surface area contributed by atoms with Crippen molar-refractivity contribution in [2.75, 3.05) is 5.75 Å². The van der Waals surface area contributed by atoms with Crippen LogP contribution in [0.5, 0.6) is 0 Å². The summed E-state index contributed by atoms with van der Waals surface area (Å²) in [6.07, 6.45) is 4.60. The summed E-state index contributed by atoms with van der Waals surface area (Å²) in [4.78, 5) is 13.4.